The number of hydrogen-bond donors (Lipinski definition) is 1. The van der Waals surface area contributed by atoms with E-state index in [-0.39, 0.29) is 0 Å². The van der Waals surface area contributed by atoms with Crippen molar-refractivity contribution in [3.8, 4) is 0 Å². The first-order valence-corrected chi connectivity index (χ1v) is 4.65. The summed E-state index contributed by atoms with van der Waals surface area (Å²) >= 11 is 0. The van der Waals surface area contributed by atoms with Gasteiger partial charge in [0.15, 0.2) is 5.72 Å². The summed E-state index contributed by atoms with van der Waals surface area (Å²) in [5.41, 5.74) is 5.39. The van der Waals surface area contributed by atoms with Crippen LogP contribution in [0.15, 0.2) is 0 Å². The van der Waals surface area contributed by atoms with Crippen molar-refractivity contribution in [3.05, 3.63) is 0 Å². The van der Waals surface area contributed by atoms with Crippen LogP contribution in [0.3, 0.4) is 0 Å². The molecule has 0 aliphatic heterocycles. The first-order valence-electron chi connectivity index (χ1n) is 4.65. The Balaban J connectivity index is 4.04. The summed E-state index contributed by atoms with van der Waals surface area (Å²) in [5, 5.41) is 0. The highest BCUT2D eigenvalue weighted by Gasteiger charge is 2.28. The molecule has 0 heterocycles. The Labute approximate surface area is 76.0 Å². The quantitative estimate of drug-likeness (QED) is 0.390. The summed E-state index contributed by atoms with van der Waals surface area (Å²) in [6.45, 7) is 7.09. The molecule has 74 valence electrons. The zero-order valence-corrected chi connectivity index (χ0v) is 9.05. The van der Waals surface area contributed by atoms with Gasteiger partial charge in [0.05, 0.1) is 14.1 Å². The lowest BCUT2D eigenvalue weighted by Gasteiger charge is -2.34. The van der Waals surface area contributed by atoms with E-state index < -0.39 is 5.72 Å². The number of rotatable bonds is 5. The van der Waals surface area contributed by atoms with Gasteiger partial charge in [0.1, 0.15) is 6.54 Å². The van der Waals surface area contributed by atoms with E-state index in [0.29, 0.717) is 4.65 Å². The summed E-state index contributed by atoms with van der Waals surface area (Å²) in [5.74, 6) is 0. The fourth-order valence-corrected chi connectivity index (χ4v) is 1.21. The SMILES string of the molecule is CCC[N+](C)(C)OC(C)(N)CC. The van der Waals surface area contributed by atoms with Crippen molar-refractivity contribution >= 4 is 0 Å². The third kappa shape index (κ3) is 4.70. The molecule has 0 amide bonds. The molecule has 0 aromatic carbocycles. The van der Waals surface area contributed by atoms with Crippen molar-refractivity contribution in [1.29, 1.82) is 0 Å². The van der Waals surface area contributed by atoms with Gasteiger partial charge in [0.25, 0.3) is 0 Å². The molecule has 2 N–H and O–H groups in total. The van der Waals surface area contributed by atoms with E-state index in [1.165, 1.54) is 0 Å². The van der Waals surface area contributed by atoms with Gasteiger partial charge in [-0.05, 0) is 19.8 Å². The first-order chi connectivity index (χ1) is 5.33. The fourth-order valence-electron chi connectivity index (χ4n) is 1.21. The van der Waals surface area contributed by atoms with E-state index in [1.54, 1.807) is 0 Å². The number of nitrogens with zero attached hydrogens (tertiary/aromatic N) is 1. The van der Waals surface area contributed by atoms with Crippen LogP contribution in [-0.4, -0.2) is 31.0 Å². The molecule has 0 saturated carbocycles. The monoisotopic (exact) mass is 175 g/mol. The van der Waals surface area contributed by atoms with Crippen LogP contribution in [-0.2, 0) is 4.84 Å². The van der Waals surface area contributed by atoms with Crippen LogP contribution in [0.1, 0.15) is 33.6 Å². The highest BCUT2D eigenvalue weighted by atomic mass is 16.7. The second-order valence-corrected chi connectivity index (χ2v) is 4.06. The van der Waals surface area contributed by atoms with Gasteiger partial charge < -0.3 is 0 Å². The van der Waals surface area contributed by atoms with Crippen molar-refractivity contribution < 1.29 is 9.48 Å². The standard InChI is InChI=1S/C9H23N2O/c1-6-8-11(4,5)12-9(3,10)7-2/h6-8,10H2,1-5H3/q+1. The fraction of sp³-hybridized carbons (Fsp3) is 1.00. The van der Waals surface area contributed by atoms with Crippen LogP contribution in [0.5, 0.6) is 0 Å². The second-order valence-electron chi connectivity index (χ2n) is 4.06. The van der Waals surface area contributed by atoms with Crippen LogP contribution >= 0.6 is 0 Å². The molecule has 0 radical (unpaired) electrons. The normalized spacial score (nSPS) is 17.5. The van der Waals surface area contributed by atoms with Gasteiger partial charge >= 0.3 is 0 Å². The molecule has 0 rings (SSSR count). The second kappa shape index (κ2) is 4.21. The molecule has 12 heavy (non-hydrogen) atoms. The Morgan fingerprint density at radius 1 is 1.33 bits per heavy atom. The molecule has 0 aliphatic rings. The number of quaternary nitrogens is 1. The lowest BCUT2D eigenvalue weighted by molar-refractivity contribution is -1.09. The third-order valence-corrected chi connectivity index (χ3v) is 1.92. The minimum Gasteiger partial charge on any atom is -0.299 e. The lowest BCUT2D eigenvalue weighted by atomic mass is 10.2. The highest BCUT2D eigenvalue weighted by Crippen LogP contribution is 2.13. The average molecular weight is 175 g/mol. The summed E-state index contributed by atoms with van der Waals surface area (Å²) < 4.78 is 0.539. The molecule has 0 aromatic heterocycles. The van der Waals surface area contributed by atoms with Crippen molar-refractivity contribution in [2.75, 3.05) is 20.6 Å². The Bertz CT molecular complexity index is 132. The van der Waals surface area contributed by atoms with Crippen LogP contribution in [0, 0.1) is 0 Å². The number of hydroxylamine groups is 3. The Kier molecular flexibility index (Phi) is 4.17. The van der Waals surface area contributed by atoms with Gasteiger partial charge in [-0.3, -0.25) is 5.73 Å². The van der Waals surface area contributed by atoms with E-state index in [9.17, 15) is 0 Å². The zero-order valence-electron chi connectivity index (χ0n) is 9.05. The first kappa shape index (κ1) is 11.9. The van der Waals surface area contributed by atoms with Crippen LogP contribution in [0.2, 0.25) is 0 Å². The Hall–Kier alpha value is -0.120. The lowest BCUT2D eigenvalue weighted by Crippen LogP contribution is -2.52. The van der Waals surface area contributed by atoms with E-state index in [0.717, 1.165) is 19.4 Å². The van der Waals surface area contributed by atoms with Gasteiger partial charge in [-0.2, -0.15) is 9.48 Å². The van der Waals surface area contributed by atoms with Crippen LogP contribution < -0.4 is 5.73 Å². The maximum atomic E-state index is 5.89. The van der Waals surface area contributed by atoms with E-state index in [2.05, 4.69) is 6.92 Å². The predicted molar refractivity (Wildman–Crippen MR) is 51.2 cm³/mol. The summed E-state index contributed by atoms with van der Waals surface area (Å²) in [7, 11) is 4.06. The van der Waals surface area contributed by atoms with E-state index >= 15 is 0 Å². The maximum absolute atomic E-state index is 5.89. The largest absolute Gasteiger partial charge is 0.299 e. The highest BCUT2D eigenvalue weighted by molar-refractivity contribution is 4.59. The van der Waals surface area contributed by atoms with E-state index in [4.69, 9.17) is 10.6 Å². The summed E-state index contributed by atoms with van der Waals surface area (Å²) in [6, 6.07) is 0. The number of nitrogens with two attached hydrogens (primary N) is 1. The smallest absolute Gasteiger partial charge is 0.172 e. The molecule has 0 saturated heterocycles. The third-order valence-electron chi connectivity index (χ3n) is 1.92. The average Bonchev–Trinajstić information content (AvgIpc) is 1.85. The molecule has 0 fully saturated rings. The molecule has 0 spiro atoms. The Morgan fingerprint density at radius 2 is 1.83 bits per heavy atom. The molecule has 1 atom stereocenters. The van der Waals surface area contributed by atoms with Gasteiger partial charge in [-0.25, -0.2) is 0 Å². The van der Waals surface area contributed by atoms with Gasteiger partial charge in [-0.1, -0.05) is 13.8 Å². The topological polar surface area (TPSA) is 35.2 Å². The van der Waals surface area contributed by atoms with Crippen molar-refractivity contribution in [3.63, 3.8) is 0 Å². The zero-order chi connectivity index (χ0) is 9.83. The minimum atomic E-state index is -0.501. The molecular formula is C9H23N2O+. The van der Waals surface area contributed by atoms with Crippen LogP contribution in [0.4, 0.5) is 0 Å². The van der Waals surface area contributed by atoms with Gasteiger partial charge in [0.2, 0.25) is 0 Å². The molecule has 3 heteroatoms. The van der Waals surface area contributed by atoms with Crippen molar-refractivity contribution in [2.24, 2.45) is 5.73 Å². The van der Waals surface area contributed by atoms with Crippen LogP contribution in [0.25, 0.3) is 0 Å². The van der Waals surface area contributed by atoms with Crippen molar-refractivity contribution in [2.45, 2.75) is 39.3 Å². The number of hydrogen-bond acceptors (Lipinski definition) is 2. The molecule has 3 nitrogen and oxygen atoms in total. The van der Waals surface area contributed by atoms with Gasteiger partial charge in [0, 0.05) is 0 Å². The molecule has 1 unspecified atom stereocenters. The molecular weight excluding hydrogens is 152 g/mol. The van der Waals surface area contributed by atoms with Gasteiger partial charge in [-0.15, -0.1) is 0 Å². The minimum absolute atomic E-state index is 0.501. The Morgan fingerprint density at radius 3 is 2.17 bits per heavy atom. The van der Waals surface area contributed by atoms with Crippen molar-refractivity contribution in [1.82, 2.24) is 0 Å². The maximum Gasteiger partial charge on any atom is 0.172 e. The molecule has 0 aromatic rings. The summed E-state index contributed by atoms with van der Waals surface area (Å²) in [4.78, 5) is 5.73. The predicted octanol–water partition coefficient (Wildman–Crippen LogP) is 1.49. The van der Waals surface area contributed by atoms with E-state index in [1.807, 2.05) is 27.9 Å². The molecule has 0 bridgehead atoms. The summed E-state index contributed by atoms with van der Waals surface area (Å²) in [6.07, 6.45) is 1.94. The molecule has 0 aliphatic carbocycles.